The van der Waals surface area contributed by atoms with Gasteiger partial charge < -0.3 is 18.9 Å². The fourth-order valence-electron chi connectivity index (χ4n) is 1.82. The highest BCUT2D eigenvalue weighted by molar-refractivity contribution is 5.77. The second-order valence-corrected chi connectivity index (χ2v) is 4.92. The minimum atomic E-state index is -3.60. The molecular weight excluding hydrogens is 298 g/mol. The highest BCUT2D eigenvalue weighted by Crippen LogP contribution is 2.20. The van der Waals surface area contributed by atoms with Crippen molar-refractivity contribution in [2.45, 2.75) is 51.2 Å². The molecule has 128 valence electrons. The van der Waals surface area contributed by atoms with Crippen LogP contribution < -0.4 is 0 Å². The molecule has 0 N–H and O–H groups in total. The summed E-state index contributed by atoms with van der Waals surface area (Å²) in [6, 6.07) is 0. The van der Waals surface area contributed by atoms with E-state index >= 15 is 0 Å². The summed E-state index contributed by atoms with van der Waals surface area (Å²) in [5.41, 5.74) is 0. The maximum Gasteiger partial charge on any atom is 0.379 e. The van der Waals surface area contributed by atoms with Crippen LogP contribution in [0.2, 0.25) is 0 Å². The molecule has 0 aromatic heterocycles. The maximum absolute atomic E-state index is 13.1. The van der Waals surface area contributed by atoms with Crippen LogP contribution in [-0.4, -0.2) is 44.6 Å². The van der Waals surface area contributed by atoms with Crippen molar-refractivity contribution in [3.05, 3.63) is 12.3 Å². The summed E-state index contributed by atoms with van der Waals surface area (Å²) in [5, 5.41) is 0. The van der Waals surface area contributed by atoms with E-state index in [0.29, 0.717) is 13.0 Å². The molecule has 0 saturated carbocycles. The Hall–Kier alpha value is -1.21. The van der Waals surface area contributed by atoms with Gasteiger partial charge in [-0.1, -0.05) is 0 Å². The molecule has 22 heavy (non-hydrogen) atoms. The maximum atomic E-state index is 13.1. The zero-order valence-electron chi connectivity index (χ0n) is 12.9. The van der Waals surface area contributed by atoms with Gasteiger partial charge in [0, 0.05) is 6.61 Å². The Bertz CT molecular complexity index is 333. The number of hydrogen-bond acceptors (Lipinski definition) is 5. The standard InChI is InChI=1S/C10H16F2O4.C5H8O/c1-2-14-9(13)10(11,12)7-16-8-5-3-4-6-15-8;1-2-4-6-5-3-1/h8H,2-7H2,1H3;2,4H,1,3,5H2. The smallest absolute Gasteiger partial charge is 0.379 e. The molecule has 0 aliphatic carbocycles. The summed E-state index contributed by atoms with van der Waals surface area (Å²) < 4.78 is 45.3. The molecule has 1 fully saturated rings. The summed E-state index contributed by atoms with van der Waals surface area (Å²) in [5.74, 6) is -5.15. The average molecular weight is 322 g/mol. The summed E-state index contributed by atoms with van der Waals surface area (Å²) in [6.45, 7) is 1.83. The Kier molecular flexibility index (Phi) is 9.00. The van der Waals surface area contributed by atoms with Crippen molar-refractivity contribution in [1.29, 1.82) is 0 Å². The third kappa shape index (κ3) is 7.70. The third-order valence-electron chi connectivity index (χ3n) is 2.99. The molecule has 0 spiro atoms. The predicted molar refractivity (Wildman–Crippen MR) is 75.4 cm³/mol. The molecular formula is C15H24F2O5. The molecule has 1 atom stereocenters. The second-order valence-electron chi connectivity index (χ2n) is 4.92. The van der Waals surface area contributed by atoms with Crippen LogP contribution in [0.4, 0.5) is 8.78 Å². The number of carbonyl (C=O) groups excluding carboxylic acids is 1. The van der Waals surface area contributed by atoms with Crippen molar-refractivity contribution < 1.29 is 32.5 Å². The Balaban J connectivity index is 0.000000335. The van der Waals surface area contributed by atoms with Gasteiger partial charge >= 0.3 is 11.9 Å². The molecule has 0 aromatic carbocycles. The first kappa shape index (κ1) is 18.8. The fraction of sp³-hybridized carbons (Fsp3) is 0.800. The second kappa shape index (κ2) is 10.5. The average Bonchev–Trinajstić information content (AvgIpc) is 2.56. The number of rotatable bonds is 5. The first-order valence-corrected chi connectivity index (χ1v) is 7.61. The lowest BCUT2D eigenvalue weighted by atomic mass is 10.2. The predicted octanol–water partition coefficient (Wildman–Crippen LogP) is 3.04. The Morgan fingerprint density at radius 3 is 2.59 bits per heavy atom. The highest BCUT2D eigenvalue weighted by Gasteiger charge is 2.41. The molecule has 2 rings (SSSR count). The van der Waals surface area contributed by atoms with Gasteiger partial charge in [-0.25, -0.2) is 4.79 Å². The van der Waals surface area contributed by atoms with Crippen LogP contribution in [0.5, 0.6) is 0 Å². The van der Waals surface area contributed by atoms with Crippen LogP contribution in [-0.2, 0) is 23.7 Å². The molecule has 1 unspecified atom stereocenters. The van der Waals surface area contributed by atoms with E-state index < -0.39 is 24.8 Å². The highest BCUT2D eigenvalue weighted by atomic mass is 19.3. The normalized spacial score (nSPS) is 21.3. The summed E-state index contributed by atoms with van der Waals surface area (Å²) in [6.07, 6.45) is 7.95. The molecule has 0 bridgehead atoms. The van der Waals surface area contributed by atoms with Crippen LogP contribution in [0.1, 0.15) is 39.0 Å². The largest absolute Gasteiger partial charge is 0.502 e. The van der Waals surface area contributed by atoms with Gasteiger partial charge in [0.2, 0.25) is 0 Å². The minimum Gasteiger partial charge on any atom is -0.502 e. The van der Waals surface area contributed by atoms with E-state index in [2.05, 4.69) is 4.74 Å². The van der Waals surface area contributed by atoms with Gasteiger partial charge in [-0.05, 0) is 45.1 Å². The lowest BCUT2D eigenvalue weighted by Gasteiger charge is -2.24. The number of ether oxygens (including phenoxy) is 4. The van der Waals surface area contributed by atoms with E-state index in [0.717, 1.165) is 19.4 Å². The van der Waals surface area contributed by atoms with Crippen molar-refractivity contribution in [3.63, 3.8) is 0 Å². The minimum absolute atomic E-state index is 0.0750. The lowest BCUT2D eigenvalue weighted by Crippen LogP contribution is -2.38. The first-order valence-electron chi connectivity index (χ1n) is 7.61. The van der Waals surface area contributed by atoms with Crippen molar-refractivity contribution in [1.82, 2.24) is 0 Å². The number of allylic oxidation sites excluding steroid dienone is 1. The zero-order valence-corrected chi connectivity index (χ0v) is 12.9. The lowest BCUT2D eigenvalue weighted by molar-refractivity contribution is -0.212. The van der Waals surface area contributed by atoms with Crippen LogP contribution in [0.15, 0.2) is 12.3 Å². The molecule has 1 saturated heterocycles. The van der Waals surface area contributed by atoms with Gasteiger partial charge in [0.1, 0.15) is 6.61 Å². The van der Waals surface area contributed by atoms with Crippen LogP contribution in [0.3, 0.4) is 0 Å². The topological polar surface area (TPSA) is 54.0 Å². The summed E-state index contributed by atoms with van der Waals surface area (Å²) in [7, 11) is 0. The molecule has 2 heterocycles. The van der Waals surface area contributed by atoms with Gasteiger partial charge in [0.05, 0.1) is 19.5 Å². The first-order chi connectivity index (χ1) is 10.6. The van der Waals surface area contributed by atoms with Crippen LogP contribution in [0, 0.1) is 0 Å². The van der Waals surface area contributed by atoms with Gasteiger partial charge in [0.15, 0.2) is 6.29 Å². The molecule has 2 aliphatic heterocycles. The fourth-order valence-corrected chi connectivity index (χ4v) is 1.82. The van der Waals surface area contributed by atoms with E-state index in [4.69, 9.17) is 14.2 Å². The quantitative estimate of drug-likeness (QED) is 0.728. The number of halogens is 2. The van der Waals surface area contributed by atoms with Gasteiger partial charge in [0.25, 0.3) is 0 Å². The Morgan fingerprint density at radius 1 is 1.32 bits per heavy atom. The van der Waals surface area contributed by atoms with Crippen molar-refractivity contribution in [2.24, 2.45) is 0 Å². The van der Waals surface area contributed by atoms with Crippen LogP contribution >= 0.6 is 0 Å². The van der Waals surface area contributed by atoms with Gasteiger partial charge in [-0.2, -0.15) is 8.78 Å². The Labute approximate surface area is 129 Å². The number of hydrogen-bond donors (Lipinski definition) is 0. The van der Waals surface area contributed by atoms with E-state index in [-0.39, 0.29) is 6.61 Å². The van der Waals surface area contributed by atoms with Crippen molar-refractivity contribution in [3.8, 4) is 0 Å². The van der Waals surface area contributed by atoms with E-state index in [9.17, 15) is 13.6 Å². The SMILES string of the molecule is C1=COCCC1.CCOC(=O)C(F)(F)COC1CCCCO1. The van der Waals surface area contributed by atoms with Crippen molar-refractivity contribution >= 4 is 5.97 Å². The monoisotopic (exact) mass is 322 g/mol. The number of esters is 1. The summed E-state index contributed by atoms with van der Waals surface area (Å²) in [4.78, 5) is 10.8. The molecule has 7 heteroatoms. The molecule has 2 aliphatic rings. The Morgan fingerprint density at radius 2 is 2.14 bits per heavy atom. The van der Waals surface area contributed by atoms with E-state index in [1.165, 1.54) is 19.8 Å². The van der Waals surface area contributed by atoms with E-state index in [1.54, 1.807) is 6.26 Å². The van der Waals surface area contributed by atoms with E-state index in [1.807, 2.05) is 6.08 Å². The zero-order chi connectivity index (χ0) is 16.3. The third-order valence-corrected chi connectivity index (χ3v) is 2.99. The summed E-state index contributed by atoms with van der Waals surface area (Å²) >= 11 is 0. The number of carbonyl (C=O) groups is 1. The van der Waals surface area contributed by atoms with Crippen LogP contribution in [0.25, 0.3) is 0 Å². The van der Waals surface area contributed by atoms with Gasteiger partial charge in [-0.3, -0.25) is 0 Å². The molecule has 0 radical (unpaired) electrons. The molecule has 5 nitrogen and oxygen atoms in total. The van der Waals surface area contributed by atoms with Gasteiger partial charge in [-0.15, -0.1) is 0 Å². The number of alkyl halides is 2. The molecule has 0 amide bonds. The molecule has 0 aromatic rings. The van der Waals surface area contributed by atoms with Crippen molar-refractivity contribution in [2.75, 3.05) is 26.4 Å².